The molecule has 2 aromatic rings. The molecule has 18 heavy (non-hydrogen) atoms. The molecule has 1 aliphatic heterocycles. The molecule has 3 rings (SSSR count). The molecule has 1 fully saturated rings. The minimum Gasteiger partial charge on any atom is -0.305 e. The van der Waals surface area contributed by atoms with Crippen LogP contribution in [-0.4, -0.2) is 28.0 Å². The summed E-state index contributed by atoms with van der Waals surface area (Å²) in [5.41, 5.74) is 1.19. The summed E-state index contributed by atoms with van der Waals surface area (Å²) in [6.07, 6.45) is 3.32. The Hall–Kier alpha value is -1.62. The second-order valence-corrected chi connectivity index (χ2v) is 4.92. The molecule has 1 unspecified atom stereocenters. The highest BCUT2D eigenvalue weighted by Gasteiger charge is 2.23. The lowest BCUT2D eigenvalue weighted by molar-refractivity contribution is 0.128. The summed E-state index contributed by atoms with van der Waals surface area (Å²) in [6.45, 7) is 0.991. The third kappa shape index (κ3) is 1.75. The summed E-state index contributed by atoms with van der Waals surface area (Å²) < 4.78 is 14.9. The summed E-state index contributed by atoms with van der Waals surface area (Å²) in [7, 11) is 2.03. The number of likely N-dealkylation sites (tertiary alicyclic amines) is 1. The first-order valence-corrected chi connectivity index (χ1v) is 6.27. The maximum atomic E-state index is 13.2. The lowest BCUT2D eigenvalue weighted by Gasteiger charge is -2.33. The minimum absolute atomic E-state index is 0.0745. The van der Waals surface area contributed by atoms with Crippen molar-refractivity contribution in [1.82, 2.24) is 14.5 Å². The Morgan fingerprint density at radius 2 is 2.22 bits per heavy atom. The van der Waals surface area contributed by atoms with Gasteiger partial charge in [-0.2, -0.15) is 0 Å². The van der Waals surface area contributed by atoms with Gasteiger partial charge in [-0.05, 0) is 51.1 Å². The fourth-order valence-electron chi connectivity index (χ4n) is 2.78. The van der Waals surface area contributed by atoms with Gasteiger partial charge in [0, 0.05) is 0 Å². The first kappa shape index (κ1) is 11.5. The number of nitrogens with zero attached hydrogens (tertiary/aromatic N) is 2. The van der Waals surface area contributed by atoms with E-state index in [1.165, 1.54) is 18.6 Å². The third-order valence-electron chi connectivity index (χ3n) is 3.71. The Balaban J connectivity index is 2.16. The Morgan fingerprint density at radius 3 is 3.00 bits per heavy atom. The van der Waals surface area contributed by atoms with E-state index in [0.717, 1.165) is 24.9 Å². The van der Waals surface area contributed by atoms with Gasteiger partial charge in [0.15, 0.2) is 0 Å². The van der Waals surface area contributed by atoms with Crippen LogP contribution in [0.3, 0.4) is 0 Å². The van der Waals surface area contributed by atoms with Crippen molar-refractivity contribution < 1.29 is 4.39 Å². The molecule has 96 valence electrons. The summed E-state index contributed by atoms with van der Waals surface area (Å²) in [4.78, 5) is 17.0. The van der Waals surface area contributed by atoms with Crippen molar-refractivity contribution in [2.75, 3.05) is 13.6 Å². The van der Waals surface area contributed by atoms with E-state index in [-0.39, 0.29) is 17.7 Å². The van der Waals surface area contributed by atoms with Crippen LogP contribution < -0.4 is 5.69 Å². The minimum atomic E-state index is -0.326. The van der Waals surface area contributed by atoms with Crippen LogP contribution >= 0.6 is 0 Å². The van der Waals surface area contributed by atoms with Crippen LogP contribution in [0.15, 0.2) is 23.0 Å². The van der Waals surface area contributed by atoms with E-state index in [9.17, 15) is 9.18 Å². The first-order valence-electron chi connectivity index (χ1n) is 6.27. The van der Waals surface area contributed by atoms with Crippen molar-refractivity contribution in [2.24, 2.45) is 0 Å². The van der Waals surface area contributed by atoms with E-state index in [1.807, 2.05) is 7.05 Å². The number of piperidine rings is 1. The Morgan fingerprint density at radius 1 is 1.39 bits per heavy atom. The molecule has 0 amide bonds. The van der Waals surface area contributed by atoms with Crippen LogP contribution in [0.2, 0.25) is 0 Å². The molecule has 1 aromatic heterocycles. The van der Waals surface area contributed by atoms with Crippen LogP contribution in [0, 0.1) is 5.82 Å². The van der Waals surface area contributed by atoms with Gasteiger partial charge in [-0.1, -0.05) is 0 Å². The number of hydrogen-bond donors (Lipinski definition) is 1. The van der Waals surface area contributed by atoms with E-state index in [2.05, 4.69) is 9.88 Å². The molecule has 1 aliphatic rings. The normalized spacial score (nSPS) is 21.6. The molecular weight excluding hydrogens is 233 g/mol. The number of benzene rings is 1. The Labute approximate surface area is 104 Å². The molecule has 0 bridgehead atoms. The lowest BCUT2D eigenvalue weighted by atomic mass is 10.1. The number of nitrogens with one attached hydrogen (secondary N) is 1. The Bertz CT molecular complexity index is 631. The second kappa shape index (κ2) is 4.24. The van der Waals surface area contributed by atoms with Crippen molar-refractivity contribution in [3.05, 3.63) is 34.5 Å². The van der Waals surface area contributed by atoms with Crippen molar-refractivity contribution in [3.8, 4) is 0 Å². The standard InChI is InChI=1S/C13H16FN3O/c1-16-7-3-2-4-12(16)17-11-6-5-9(14)8-10(11)15-13(17)18/h5-6,8,12H,2-4,7H2,1H3,(H,15,18). The van der Waals surface area contributed by atoms with E-state index < -0.39 is 0 Å². The Kier molecular flexibility index (Phi) is 2.70. The largest absolute Gasteiger partial charge is 0.327 e. The van der Waals surface area contributed by atoms with Crippen molar-refractivity contribution in [1.29, 1.82) is 0 Å². The zero-order chi connectivity index (χ0) is 12.7. The topological polar surface area (TPSA) is 41.0 Å². The van der Waals surface area contributed by atoms with E-state index in [4.69, 9.17) is 0 Å². The van der Waals surface area contributed by atoms with Crippen molar-refractivity contribution in [3.63, 3.8) is 0 Å². The van der Waals surface area contributed by atoms with Crippen LogP contribution in [-0.2, 0) is 0 Å². The summed E-state index contributed by atoms with van der Waals surface area (Å²) >= 11 is 0. The molecule has 0 spiro atoms. The first-order chi connectivity index (χ1) is 8.66. The van der Waals surface area contributed by atoms with E-state index in [0.29, 0.717) is 5.52 Å². The van der Waals surface area contributed by atoms with Gasteiger partial charge in [0.25, 0.3) is 0 Å². The van der Waals surface area contributed by atoms with Crippen LogP contribution in [0.5, 0.6) is 0 Å². The molecule has 4 nitrogen and oxygen atoms in total. The second-order valence-electron chi connectivity index (χ2n) is 4.92. The number of hydrogen-bond acceptors (Lipinski definition) is 2. The fraction of sp³-hybridized carbons (Fsp3) is 0.462. The monoisotopic (exact) mass is 249 g/mol. The molecule has 1 atom stereocenters. The zero-order valence-corrected chi connectivity index (χ0v) is 10.3. The third-order valence-corrected chi connectivity index (χ3v) is 3.71. The van der Waals surface area contributed by atoms with E-state index >= 15 is 0 Å². The predicted octanol–water partition coefficient (Wildman–Crippen LogP) is 2.08. The van der Waals surface area contributed by atoms with Gasteiger partial charge in [-0.3, -0.25) is 9.47 Å². The molecule has 5 heteroatoms. The van der Waals surface area contributed by atoms with Gasteiger partial charge in [0.2, 0.25) is 0 Å². The highest BCUT2D eigenvalue weighted by molar-refractivity contribution is 5.75. The SMILES string of the molecule is CN1CCCCC1n1c(=O)[nH]c2cc(F)ccc21. The summed E-state index contributed by atoms with van der Waals surface area (Å²) in [5, 5.41) is 0. The van der Waals surface area contributed by atoms with Crippen LogP contribution in [0.1, 0.15) is 25.4 Å². The number of halogens is 1. The lowest BCUT2D eigenvalue weighted by Crippen LogP contribution is -2.37. The molecule has 1 N–H and O–H groups in total. The van der Waals surface area contributed by atoms with Gasteiger partial charge in [0.1, 0.15) is 5.82 Å². The number of aromatic nitrogens is 2. The van der Waals surface area contributed by atoms with Crippen LogP contribution in [0.4, 0.5) is 4.39 Å². The number of H-pyrrole nitrogens is 1. The van der Waals surface area contributed by atoms with Gasteiger partial charge in [0.05, 0.1) is 17.2 Å². The highest BCUT2D eigenvalue weighted by atomic mass is 19.1. The van der Waals surface area contributed by atoms with Gasteiger partial charge < -0.3 is 4.98 Å². The number of rotatable bonds is 1. The number of fused-ring (bicyclic) bond motifs is 1. The molecule has 1 aromatic carbocycles. The molecule has 0 radical (unpaired) electrons. The molecule has 2 heterocycles. The zero-order valence-electron chi connectivity index (χ0n) is 10.3. The molecule has 1 saturated heterocycles. The quantitative estimate of drug-likeness (QED) is 0.840. The number of aromatic amines is 1. The molecule has 0 aliphatic carbocycles. The maximum absolute atomic E-state index is 13.2. The van der Waals surface area contributed by atoms with Crippen molar-refractivity contribution in [2.45, 2.75) is 25.4 Å². The van der Waals surface area contributed by atoms with Crippen molar-refractivity contribution >= 4 is 11.0 Å². The fourth-order valence-corrected chi connectivity index (χ4v) is 2.78. The average Bonchev–Trinajstić information content (AvgIpc) is 2.65. The highest BCUT2D eigenvalue weighted by Crippen LogP contribution is 2.26. The van der Waals surface area contributed by atoms with Gasteiger partial charge in [-0.15, -0.1) is 0 Å². The molecule has 0 saturated carbocycles. The van der Waals surface area contributed by atoms with Gasteiger partial charge >= 0.3 is 5.69 Å². The summed E-state index contributed by atoms with van der Waals surface area (Å²) in [6, 6.07) is 4.44. The summed E-state index contributed by atoms with van der Waals surface area (Å²) in [5.74, 6) is -0.326. The van der Waals surface area contributed by atoms with E-state index in [1.54, 1.807) is 10.6 Å². The molecular formula is C13H16FN3O. The maximum Gasteiger partial charge on any atom is 0.327 e. The van der Waals surface area contributed by atoms with Crippen LogP contribution in [0.25, 0.3) is 11.0 Å². The number of imidazole rings is 1. The smallest absolute Gasteiger partial charge is 0.305 e. The predicted molar refractivity (Wildman–Crippen MR) is 68.0 cm³/mol. The van der Waals surface area contributed by atoms with Gasteiger partial charge in [-0.25, -0.2) is 9.18 Å². The average molecular weight is 249 g/mol.